The van der Waals surface area contributed by atoms with E-state index in [-0.39, 0.29) is 18.6 Å². The van der Waals surface area contributed by atoms with Crippen molar-refractivity contribution in [1.29, 1.82) is 0 Å². The Hall–Kier alpha value is -3.04. The zero-order valence-corrected chi connectivity index (χ0v) is 19.2. The monoisotopic (exact) mass is 442 g/mol. The van der Waals surface area contributed by atoms with Gasteiger partial charge in [-0.3, -0.25) is 4.79 Å². The lowest BCUT2D eigenvalue weighted by atomic mass is 9.96. The van der Waals surface area contributed by atoms with E-state index in [1.54, 1.807) is 0 Å². The van der Waals surface area contributed by atoms with Crippen molar-refractivity contribution in [3.8, 4) is 0 Å². The van der Waals surface area contributed by atoms with Crippen LogP contribution in [0.3, 0.4) is 0 Å². The van der Waals surface area contributed by atoms with Crippen LogP contribution < -0.4 is 5.32 Å². The molecule has 172 valence electrons. The van der Waals surface area contributed by atoms with Gasteiger partial charge in [0.15, 0.2) is 5.82 Å². The maximum absolute atomic E-state index is 12.5. The number of carbonyl (C=O) groups excluding carboxylic acids is 2. The smallest absolute Gasteiger partial charge is 0.331 e. The lowest BCUT2D eigenvalue weighted by Gasteiger charge is -2.21. The third kappa shape index (κ3) is 5.60. The number of methoxy groups -OCH3 is 1. The van der Waals surface area contributed by atoms with Gasteiger partial charge in [-0.1, -0.05) is 39.0 Å². The van der Waals surface area contributed by atoms with Crippen LogP contribution >= 0.6 is 0 Å². The molecule has 3 rings (SSSR count). The Balaban J connectivity index is 2.06. The molecule has 0 unspecified atom stereocenters. The number of fused-ring (bicyclic) bond motifs is 3. The molecule has 9 nitrogen and oxygen atoms in total. The predicted octanol–water partition coefficient (Wildman–Crippen LogP) is 3.30. The van der Waals surface area contributed by atoms with Gasteiger partial charge in [0.1, 0.15) is 31.2 Å². The summed E-state index contributed by atoms with van der Waals surface area (Å²) >= 11 is 0. The molecule has 3 aromatic rings. The maximum Gasteiger partial charge on any atom is 0.331 e. The number of nitrogens with one attached hydrogen (secondary N) is 1. The van der Waals surface area contributed by atoms with Gasteiger partial charge in [-0.15, -0.1) is 0 Å². The van der Waals surface area contributed by atoms with E-state index in [1.807, 2.05) is 31.2 Å². The predicted molar refractivity (Wildman–Crippen MR) is 121 cm³/mol. The summed E-state index contributed by atoms with van der Waals surface area (Å²) in [6.07, 6.45) is 0. The molecular formula is C23H30N4O5. The molecule has 1 N–H and O–H groups in total. The Labute approximate surface area is 187 Å². The number of imidazole rings is 1. The topological polar surface area (TPSA) is 105 Å². The maximum atomic E-state index is 12.5. The molecule has 0 spiro atoms. The number of para-hydroxylation sites is 1. The average molecular weight is 443 g/mol. The van der Waals surface area contributed by atoms with Crippen LogP contribution in [-0.2, 0) is 37.0 Å². The molecule has 0 aliphatic carbocycles. The van der Waals surface area contributed by atoms with E-state index in [1.165, 1.54) is 7.11 Å². The van der Waals surface area contributed by atoms with E-state index in [4.69, 9.17) is 14.5 Å². The number of amides is 1. The van der Waals surface area contributed by atoms with E-state index >= 15 is 0 Å². The third-order valence-corrected chi connectivity index (χ3v) is 4.67. The summed E-state index contributed by atoms with van der Waals surface area (Å²) in [6.45, 7) is 9.45. The first kappa shape index (κ1) is 23.6. The molecule has 32 heavy (non-hydrogen) atoms. The Morgan fingerprint density at radius 3 is 2.53 bits per heavy atom. The van der Waals surface area contributed by atoms with E-state index < -0.39 is 11.9 Å². The lowest BCUT2D eigenvalue weighted by molar-refractivity contribution is -0.146. The number of esters is 1. The molecule has 0 saturated heterocycles. The molecule has 2 aromatic heterocycles. The normalized spacial score (nSPS) is 11.8. The molecule has 0 atom stereocenters. The number of rotatable bonds is 9. The first-order chi connectivity index (χ1) is 15.2. The number of benzene rings is 1. The molecule has 0 bridgehead atoms. The quantitative estimate of drug-likeness (QED) is 0.507. The van der Waals surface area contributed by atoms with Crippen molar-refractivity contribution in [3.63, 3.8) is 0 Å². The molecule has 0 aliphatic heterocycles. The van der Waals surface area contributed by atoms with Crippen molar-refractivity contribution in [2.75, 3.05) is 32.2 Å². The zero-order chi connectivity index (χ0) is 23.3. The Bertz CT molecular complexity index is 1120. The fourth-order valence-electron chi connectivity index (χ4n) is 3.37. The van der Waals surface area contributed by atoms with Crippen molar-refractivity contribution in [1.82, 2.24) is 14.5 Å². The van der Waals surface area contributed by atoms with Crippen molar-refractivity contribution >= 4 is 39.6 Å². The van der Waals surface area contributed by atoms with Gasteiger partial charge < -0.3 is 24.1 Å². The van der Waals surface area contributed by atoms with Gasteiger partial charge in [0.05, 0.1) is 18.1 Å². The van der Waals surface area contributed by atoms with Crippen LogP contribution in [0.25, 0.3) is 21.9 Å². The summed E-state index contributed by atoms with van der Waals surface area (Å²) in [7, 11) is 1.26. The number of aromatic nitrogens is 3. The number of pyridine rings is 1. The van der Waals surface area contributed by atoms with Gasteiger partial charge in [0.2, 0.25) is 0 Å². The first-order valence-electron chi connectivity index (χ1n) is 10.5. The van der Waals surface area contributed by atoms with Crippen LogP contribution in [0.5, 0.6) is 0 Å². The van der Waals surface area contributed by atoms with E-state index in [2.05, 4.69) is 40.4 Å². The highest BCUT2D eigenvalue weighted by Gasteiger charge is 2.23. The van der Waals surface area contributed by atoms with Crippen LogP contribution in [0.1, 0.15) is 33.5 Å². The van der Waals surface area contributed by atoms with Gasteiger partial charge in [0, 0.05) is 18.5 Å². The largest absolute Gasteiger partial charge is 0.467 e. The van der Waals surface area contributed by atoms with Gasteiger partial charge in [-0.2, -0.15) is 0 Å². The molecule has 0 fully saturated rings. The third-order valence-electron chi connectivity index (χ3n) is 4.67. The number of nitrogens with zero attached hydrogens (tertiary/aromatic N) is 3. The van der Waals surface area contributed by atoms with Gasteiger partial charge in [-0.05, 0) is 18.4 Å². The van der Waals surface area contributed by atoms with Crippen LogP contribution in [0.4, 0.5) is 5.82 Å². The molecule has 1 amide bonds. The number of hydrogen-bond acceptors (Lipinski definition) is 7. The number of carbonyl (C=O) groups is 2. The SMILES string of the molecule is CCOCc1nc2c(NC(=O)COCC(=O)OC)nc3ccccc3c2n1CC(C)(C)C. The van der Waals surface area contributed by atoms with E-state index in [0.29, 0.717) is 24.5 Å². The first-order valence-corrected chi connectivity index (χ1v) is 10.5. The van der Waals surface area contributed by atoms with Crippen LogP contribution in [0, 0.1) is 5.41 Å². The highest BCUT2D eigenvalue weighted by Crippen LogP contribution is 2.32. The minimum absolute atomic E-state index is 0.00982. The minimum atomic E-state index is -0.550. The molecular weight excluding hydrogens is 412 g/mol. The summed E-state index contributed by atoms with van der Waals surface area (Å²) in [5.74, 6) is 0.128. The second kappa shape index (κ2) is 10.1. The van der Waals surface area contributed by atoms with E-state index in [0.717, 1.165) is 28.8 Å². The molecule has 1 aromatic carbocycles. The van der Waals surface area contributed by atoms with Gasteiger partial charge in [-0.25, -0.2) is 14.8 Å². The fraction of sp³-hybridized carbons (Fsp3) is 0.478. The van der Waals surface area contributed by atoms with Gasteiger partial charge >= 0.3 is 5.97 Å². The number of ether oxygens (including phenoxy) is 3. The Morgan fingerprint density at radius 1 is 1.09 bits per heavy atom. The zero-order valence-electron chi connectivity index (χ0n) is 19.2. The second-order valence-corrected chi connectivity index (χ2v) is 8.60. The van der Waals surface area contributed by atoms with E-state index in [9.17, 15) is 9.59 Å². The van der Waals surface area contributed by atoms with Crippen molar-refractivity contribution in [3.05, 3.63) is 30.1 Å². The van der Waals surface area contributed by atoms with Crippen molar-refractivity contribution < 1.29 is 23.8 Å². The molecule has 0 aliphatic rings. The summed E-state index contributed by atoms with van der Waals surface area (Å²) < 4.78 is 17.4. The molecule has 9 heteroatoms. The van der Waals surface area contributed by atoms with Crippen LogP contribution in [0.15, 0.2) is 24.3 Å². The second-order valence-electron chi connectivity index (χ2n) is 8.60. The standard InChI is InChI=1S/C23H30N4O5/c1-6-31-11-17-25-20-21(27(17)14-23(2,3)4)15-9-7-8-10-16(15)24-22(20)26-18(28)12-32-13-19(29)30-5/h7-10H,6,11-14H2,1-5H3,(H,24,26,28). The highest BCUT2D eigenvalue weighted by molar-refractivity contribution is 6.09. The summed E-state index contributed by atoms with van der Waals surface area (Å²) in [5, 5.41) is 3.73. The van der Waals surface area contributed by atoms with Gasteiger partial charge in [0.25, 0.3) is 5.91 Å². The number of hydrogen-bond donors (Lipinski definition) is 1. The fourth-order valence-corrected chi connectivity index (χ4v) is 3.37. The van der Waals surface area contributed by atoms with Crippen molar-refractivity contribution in [2.24, 2.45) is 5.41 Å². The van der Waals surface area contributed by atoms with Crippen LogP contribution in [0.2, 0.25) is 0 Å². The molecule has 2 heterocycles. The molecule has 0 saturated carbocycles. The minimum Gasteiger partial charge on any atom is -0.467 e. The number of anilines is 1. The summed E-state index contributed by atoms with van der Waals surface area (Å²) in [6, 6.07) is 7.76. The summed E-state index contributed by atoms with van der Waals surface area (Å²) in [5.41, 5.74) is 2.21. The Kier molecular flexibility index (Phi) is 7.42. The lowest BCUT2D eigenvalue weighted by Crippen LogP contribution is -2.22. The average Bonchev–Trinajstić information content (AvgIpc) is 3.09. The summed E-state index contributed by atoms with van der Waals surface area (Å²) in [4.78, 5) is 33.1. The highest BCUT2D eigenvalue weighted by atomic mass is 16.6. The van der Waals surface area contributed by atoms with Crippen molar-refractivity contribution in [2.45, 2.75) is 40.8 Å². The Morgan fingerprint density at radius 2 is 1.84 bits per heavy atom. The van der Waals surface area contributed by atoms with Crippen LogP contribution in [-0.4, -0.2) is 53.3 Å². The molecule has 0 radical (unpaired) electrons.